The first-order valence-corrected chi connectivity index (χ1v) is 6.93. The fourth-order valence-corrected chi connectivity index (χ4v) is 2.81. The van der Waals surface area contributed by atoms with Crippen LogP contribution in [-0.4, -0.2) is 11.7 Å². The lowest BCUT2D eigenvalue weighted by Gasteiger charge is -2.13. The molecule has 0 bridgehead atoms. The van der Waals surface area contributed by atoms with Crippen molar-refractivity contribution in [3.05, 3.63) is 63.9 Å². The number of ether oxygens (including phenoxy) is 1. The summed E-state index contributed by atoms with van der Waals surface area (Å²) < 4.78 is 6.82. The van der Waals surface area contributed by atoms with Gasteiger partial charge in [-0.2, -0.15) is 0 Å². The van der Waals surface area contributed by atoms with Gasteiger partial charge in [0.05, 0.1) is 23.2 Å². The summed E-state index contributed by atoms with van der Waals surface area (Å²) in [5, 5.41) is 1.31. The van der Waals surface area contributed by atoms with E-state index >= 15 is 0 Å². The second kappa shape index (κ2) is 5.26. The van der Waals surface area contributed by atoms with Crippen LogP contribution in [0.4, 0.5) is 0 Å². The van der Waals surface area contributed by atoms with E-state index in [1.54, 1.807) is 18.7 Å². The lowest BCUT2D eigenvalue weighted by molar-refractivity contribution is 0.415. The van der Waals surface area contributed by atoms with E-state index in [0.717, 1.165) is 16.5 Å². The Hall–Kier alpha value is -2.26. The van der Waals surface area contributed by atoms with Gasteiger partial charge in [-0.05, 0) is 17.7 Å². The molecule has 0 aliphatic heterocycles. The van der Waals surface area contributed by atoms with E-state index in [0.29, 0.717) is 16.3 Å². The molecule has 3 aromatic rings. The summed E-state index contributed by atoms with van der Waals surface area (Å²) in [6, 6.07) is 15.0. The molecule has 2 aromatic carbocycles. The van der Waals surface area contributed by atoms with E-state index in [1.807, 2.05) is 48.5 Å². The summed E-state index contributed by atoms with van der Waals surface area (Å²) in [5.41, 5.74) is 1.98. The summed E-state index contributed by atoms with van der Waals surface area (Å²) in [6.45, 7) is 0. The average molecular weight is 300 g/mol. The molecule has 3 nitrogen and oxygen atoms in total. The van der Waals surface area contributed by atoms with Crippen molar-refractivity contribution in [2.45, 2.75) is 0 Å². The van der Waals surface area contributed by atoms with Gasteiger partial charge in [0, 0.05) is 18.5 Å². The van der Waals surface area contributed by atoms with Gasteiger partial charge >= 0.3 is 0 Å². The van der Waals surface area contributed by atoms with Gasteiger partial charge in [0.1, 0.15) is 5.75 Å². The molecule has 1 aromatic heterocycles. The van der Waals surface area contributed by atoms with Gasteiger partial charge in [0.25, 0.3) is 5.56 Å². The minimum atomic E-state index is -0.119. The van der Waals surface area contributed by atoms with Crippen LogP contribution in [0.1, 0.15) is 0 Å². The zero-order valence-electron chi connectivity index (χ0n) is 11.8. The highest BCUT2D eigenvalue weighted by molar-refractivity contribution is 6.38. The second-order valence-electron chi connectivity index (χ2n) is 4.80. The molecule has 0 amide bonds. The quantitative estimate of drug-likeness (QED) is 0.719. The first-order valence-electron chi connectivity index (χ1n) is 6.55. The molecule has 1 heterocycles. The maximum Gasteiger partial charge on any atom is 0.260 e. The van der Waals surface area contributed by atoms with Crippen LogP contribution in [-0.2, 0) is 7.05 Å². The number of hydrogen-bond acceptors (Lipinski definition) is 2. The molecule has 0 radical (unpaired) electrons. The van der Waals surface area contributed by atoms with Gasteiger partial charge in [0.15, 0.2) is 0 Å². The number of methoxy groups -OCH3 is 1. The highest BCUT2D eigenvalue weighted by Gasteiger charge is 2.15. The molecule has 0 N–H and O–H groups in total. The number of hydrogen-bond donors (Lipinski definition) is 0. The Morgan fingerprint density at radius 2 is 1.81 bits per heavy atom. The molecule has 0 fully saturated rings. The number of aryl methyl sites for hydroxylation is 1. The third-order valence-electron chi connectivity index (χ3n) is 3.60. The molecular weight excluding hydrogens is 286 g/mol. The normalized spacial score (nSPS) is 10.8. The minimum Gasteiger partial charge on any atom is -0.497 e. The number of fused-ring (bicyclic) bond motifs is 1. The number of pyridine rings is 1. The summed E-state index contributed by atoms with van der Waals surface area (Å²) in [6.07, 6.45) is 0. The molecule has 0 atom stereocenters. The molecule has 0 spiro atoms. The van der Waals surface area contributed by atoms with Crippen LogP contribution in [0.2, 0.25) is 5.02 Å². The number of nitrogens with zero attached hydrogens (tertiary/aromatic N) is 1. The molecule has 0 saturated carbocycles. The molecule has 106 valence electrons. The van der Waals surface area contributed by atoms with Crippen molar-refractivity contribution in [3.8, 4) is 16.9 Å². The number of rotatable bonds is 2. The molecule has 0 unspecified atom stereocenters. The van der Waals surface area contributed by atoms with Gasteiger partial charge in [-0.15, -0.1) is 0 Å². The molecule has 3 rings (SSSR count). The van der Waals surface area contributed by atoms with Crippen LogP contribution in [0.15, 0.2) is 53.3 Å². The van der Waals surface area contributed by atoms with E-state index in [-0.39, 0.29) is 5.56 Å². The van der Waals surface area contributed by atoms with Gasteiger partial charge < -0.3 is 9.30 Å². The van der Waals surface area contributed by atoms with Crippen molar-refractivity contribution in [3.63, 3.8) is 0 Å². The monoisotopic (exact) mass is 299 g/mol. The predicted octanol–water partition coefficient (Wildman–Crippen LogP) is 3.87. The van der Waals surface area contributed by atoms with E-state index in [2.05, 4.69) is 0 Å². The predicted molar refractivity (Wildman–Crippen MR) is 86.2 cm³/mol. The van der Waals surface area contributed by atoms with Crippen LogP contribution >= 0.6 is 11.6 Å². The van der Waals surface area contributed by atoms with Crippen molar-refractivity contribution in [1.29, 1.82) is 0 Å². The highest BCUT2D eigenvalue weighted by Crippen LogP contribution is 2.32. The summed E-state index contributed by atoms with van der Waals surface area (Å²) in [4.78, 5) is 12.6. The summed E-state index contributed by atoms with van der Waals surface area (Å²) in [7, 11) is 3.34. The molecule has 21 heavy (non-hydrogen) atoms. The van der Waals surface area contributed by atoms with Crippen LogP contribution in [0.25, 0.3) is 22.0 Å². The van der Waals surface area contributed by atoms with Crippen LogP contribution < -0.4 is 10.3 Å². The summed E-state index contributed by atoms with van der Waals surface area (Å²) in [5.74, 6) is 0.695. The third kappa shape index (κ3) is 2.20. The Bertz CT molecular complexity index is 869. The van der Waals surface area contributed by atoms with E-state index in [4.69, 9.17) is 16.3 Å². The summed E-state index contributed by atoms with van der Waals surface area (Å²) >= 11 is 6.49. The Morgan fingerprint density at radius 1 is 1.10 bits per heavy atom. The Morgan fingerprint density at radius 3 is 2.48 bits per heavy atom. The van der Waals surface area contributed by atoms with Gasteiger partial charge in [-0.25, -0.2) is 0 Å². The maximum absolute atomic E-state index is 12.6. The number of benzene rings is 2. The third-order valence-corrected chi connectivity index (χ3v) is 4.00. The minimum absolute atomic E-state index is 0.119. The zero-order valence-corrected chi connectivity index (χ0v) is 12.5. The lowest BCUT2D eigenvalue weighted by Crippen LogP contribution is -2.19. The Kier molecular flexibility index (Phi) is 3.43. The first kappa shape index (κ1) is 13.7. The molecule has 0 aliphatic rings. The van der Waals surface area contributed by atoms with Gasteiger partial charge in [0.2, 0.25) is 0 Å². The Balaban J connectivity index is 2.41. The smallest absolute Gasteiger partial charge is 0.260 e. The van der Waals surface area contributed by atoms with Crippen LogP contribution in [0.3, 0.4) is 0 Å². The van der Waals surface area contributed by atoms with Gasteiger partial charge in [-0.1, -0.05) is 41.9 Å². The molecule has 4 heteroatoms. The molecule has 0 saturated heterocycles. The fourth-order valence-electron chi connectivity index (χ4n) is 2.46. The van der Waals surface area contributed by atoms with Crippen molar-refractivity contribution in [1.82, 2.24) is 4.57 Å². The number of halogens is 1. The van der Waals surface area contributed by atoms with Crippen molar-refractivity contribution < 1.29 is 4.74 Å². The van der Waals surface area contributed by atoms with Crippen LogP contribution in [0.5, 0.6) is 5.75 Å². The zero-order chi connectivity index (χ0) is 15.0. The van der Waals surface area contributed by atoms with E-state index < -0.39 is 0 Å². The maximum atomic E-state index is 12.6. The van der Waals surface area contributed by atoms with Crippen LogP contribution in [0, 0.1) is 0 Å². The van der Waals surface area contributed by atoms with E-state index in [1.165, 1.54) is 0 Å². The molecule has 0 aliphatic carbocycles. The highest BCUT2D eigenvalue weighted by atomic mass is 35.5. The van der Waals surface area contributed by atoms with Crippen molar-refractivity contribution >= 4 is 22.5 Å². The lowest BCUT2D eigenvalue weighted by atomic mass is 10.0. The molecular formula is C17H14ClNO2. The topological polar surface area (TPSA) is 31.2 Å². The average Bonchev–Trinajstić information content (AvgIpc) is 2.53. The van der Waals surface area contributed by atoms with E-state index in [9.17, 15) is 4.79 Å². The SMILES string of the molecule is COc1ccc2c(Cl)c(-c3ccccc3)c(=O)n(C)c2c1. The van der Waals surface area contributed by atoms with Gasteiger partial charge in [-0.3, -0.25) is 4.79 Å². The largest absolute Gasteiger partial charge is 0.497 e. The standard InChI is InChI=1S/C17H14ClNO2/c1-19-14-10-12(21-2)8-9-13(14)16(18)15(17(19)20)11-6-4-3-5-7-11/h3-10H,1-2H3. The second-order valence-corrected chi connectivity index (χ2v) is 5.18. The fraction of sp³-hybridized carbons (Fsp3) is 0.118. The van der Waals surface area contributed by atoms with Crippen molar-refractivity contribution in [2.75, 3.05) is 7.11 Å². The first-order chi connectivity index (χ1) is 10.1. The Labute approximate surface area is 127 Å². The van der Waals surface area contributed by atoms with Crippen molar-refractivity contribution in [2.24, 2.45) is 7.05 Å². The number of aromatic nitrogens is 1.